The highest BCUT2D eigenvalue weighted by molar-refractivity contribution is 7.89. The maximum absolute atomic E-state index is 12.4. The molecule has 0 atom stereocenters. The minimum atomic E-state index is -3.63. The fourth-order valence-corrected chi connectivity index (χ4v) is 3.00. The number of aryl methyl sites for hydroxylation is 2. The molecule has 0 aliphatic carbocycles. The normalized spacial score (nSPS) is 11.7. The summed E-state index contributed by atoms with van der Waals surface area (Å²) in [5.41, 5.74) is 1.69. The summed E-state index contributed by atoms with van der Waals surface area (Å²) in [6.45, 7) is 3.49. The lowest BCUT2D eigenvalue weighted by Gasteiger charge is -2.20. The lowest BCUT2D eigenvalue weighted by Crippen LogP contribution is -2.37. The molecule has 1 rings (SSSR count). The summed E-state index contributed by atoms with van der Waals surface area (Å²) in [6.07, 6.45) is 0. The van der Waals surface area contributed by atoms with Crippen molar-refractivity contribution in [2.24, 2.45) is 0 Å². The Morgan fingerprint density at radius 1 is 1.16 bits per heavy atom. The van der Waals surface area contributed by atoms with Crippen LogP contribution in [0, 0.1) is 13.8 Å². The predicted octanol–water partition coefficient (Wildman–Crippen LogP) is 1.01. The highest BCUT2D eigenvalue weighted by Crippen LogP contribution is 2.19. The second kappa shape index (κ2) is 5.71. The highest BCUT2D eigenvalue weighted by Gasteiger charge is 2.24. The zero-order chi connectivity index (χ0) is 14.8. The molecule has 0 radical (unpaired) electrons. The Labute approximate surface area is 114 Å². The molecule has 5 nitrogen and oxygen atoms in total. The van der Waals surface area contributed by atoms with Gasteiger partial charge in [-0.3, -0.25) is 4.79 Å². The summed E-state index contributed by atoms with van der Waals surface area (Å²) in [4.78, 5) is 13.2. The van der Waals surface area contributed by atoms with Gasteiger partial charge in [-0.2, -0.15) is 4.31 Å². The fourth-order valence-electron chi connectivity index (χ4n) is 1.67. The van der Waals surface area contributed by atoms with Crippen LogP contribution in [0.15, 0.2) is 23.1 Å². The Balaban J connectivity index is 3.07. The van der Waals surface area contributed by atoms with Crippen molar-refractivity contribution in [1.82, 2.24) is 9.21 Å². The van der Waals surface area contributed by atoms with E-state index in [0.29, 0.717) is 5.56 Å². The Morgan fingerprint density at radius 3 is 2.21 bits per heavy atom. The van der Waals surface area contributed by atoms with Crippen LogP contribution in [0.4, 0.5) is 0 Å². The zero-order valence-electron chi connectivity index (χ0n) is 12.0. The van der Waals surface area contributed by atoms with E-state index < -0.39 is 10.0 Å². The molecule has 1 aromatic carbocycles. The van der Waals surface area contributed by atoms with Gasteiger partial charge in [0.05, 0.1) is 11.4 Å². The van der Waals surface area contributed by atoms with Crippen LogP contribution in [0.3, 0.4) is 0 Å². The third kappa shape index (κ3) is 3.54. The summed E-state index contributed by atoms with van der Waals surface area (Å²) in [7, 11) is 0.978. The summed E-state index contributed by atoms with van der Waals surface area (Å²) in [5.74, 6) is -0.254. The largest absolute Gasteiger partial charge is 0.348 e. The van der Waals surface area contributed by atoms with Gasteiger partial charge in [-0.15, -0.1) is 0 Å². The van der Waals surface area contributed by atoms with Gasteiger partial charge >= 0.3 is 0 Å². The van der Waals surface area contributed by atoms with Crippen LogP contribution in [0.2, 0.25) is 0 Å². The number of sulfonamides is 1. The van der Waals surface area contributed by atoms with Crippen molar-refractivity contribution in [3.05, 3.63) is 29.3 Å². The highest BCUT2D eigenvalue weighted by atomic mass is 32.2. The van der Waals surface area contributed by atoms with E-state index >= 15 is 0 Å². The third-order valence-electron chi connectivity index (χ3n) is 2.88. The van der Waals surface area contributed by atoms with Gasteiger partial charge in [0.25, 0.3) is 0 Å². The second-order valence-electron chi connectivity index (χ2n) is 4.82. The Kier molecular flexibility index (Phi) is 4.70. The quantitative estimate of drug-likeness (QED) is 0.829. The van der Waals surface area contributed by atoms with Gasteiger partial charge < -0.3 is 4.90 Å². The van der Waals surface area contributed by atoms with Gasteiger partial charge in [-0.05, 0) is 25.5 Å². The van der Waals surface area contributed by atoms with E-state index in [1.165, 1.54) is 11.9 Å². The van der Waals surface area contributed by atoms with E-state index in [4.69, 9.17) is 0 Å². The molecule has 0 saturated heterocycles. The lowest BCUT2D eigenvalue weighted by atomic mass is 10.2. The fraction of sp³-hybridized carbons (Fsp3) is 0.462. The van der Waals surface area contributed by atoms with E-state index in [0.717, 1.165) is 9.87 Å². The molecule has 0 aliphatic rings. The predicted molar refractivity (Wildman–Crippen MR) is 74.4 cm³/mol. The molecule has 106 valence electrons. The van der Waals surface area contributed by atoms with E-state index in [1.807, 2.05) is 13.0 Å². The maximum atomic E-state index is 12.4. The van der Waals surface area contributed by atoms with Gasteiger partial charge in [0.2, 0.25) is 15.9 Å². The van der Waals surface area contributed by atoms with Crippen LogP contribution in [-0.2, 0) is 14.8 Å². The summed E-state index contributed by atoms with van der Waals surface area (Å²) in [6, 6.07) is 5.15. The number of carbonyl (C=O) groups is 1. The zero-order valence-corrected chi connectivity index (χ0v) is 12.8. The molecule has 0 N–H and O–H groups in total. The average Bonchev–Trinajstić information content (AvgIpc) is 2.27. The second-order valence-corrected chi connectivity index (χ2v) is 6.83. The number of hydrogen-bond donors (Lipinski definition) is 0. The topological polar surface area (TPSA) is 57.7 Å². The molecule has 0 unspecified atom stereocenters. The van der Waals surface area contributed by atoms with Crippen molar-refractivity contribution in [3.63, 3.8) is 0 Å². The van der Waals surface area contributed by atoms with Crippen LogP contribution < -0.4 is 0 Å². The molecular weight excluding hydrogens is 264 g/mol. The molecule has 19 heavy (non-hydrogen) atoms. The van der Waals surface area contributed by atoms with Gasteiger partial charge in [-0.25, -0.2) is 8.42 Å². The number of nitrogens with zero attached hydrogens (tertiary/aromatic N) is 2. The first kappa shape index (κ1) is 15.7. The van der Waals surface area contributed by atoms with Gasteiger partial charge in [0.1, 0.15) is 0 Å². The maximum Gasteiger partial charge on any atom is 0.243 e. The molecule has 0 fully saturated rings. The number of amides is 1. The van der Waals surface area contributed by atoms with Crippen molar-refractivity contribution in [2.45, 2.75) is 18.7 Å². The van der Waals surface area contributed by atoms with Crippen molar-refractivity contribution >= 4 is 15.9 Å². The number of rotatable bonds is 4. The minimum Gasteiger partial charge on any atom is -0.348 e. The summed E-state index contributed by atoms with van der Waals surface area (Å²) >= 11 is 0. The number of likely N-dealkylation sites (N-methyl/N-ethyl adjacent to an activating group) is 2. The van der Waals surface area contributed by atoms with Crippen LogP contribution in [0.1, 0.15) is 11.1 Å². The molecule has 6 heteroatoms. The van der Waals surface area contributed by atoms with E-state index in [2.05, 4.69) is 0 Å². The average molecular weight is 284 g/mol. The van der Waals surface area contributed by atoms with Gasteiger partial charge in [0.15, 0.2) is 0 Å². The van der Waals surface area contributed by atoms with Crippen LogP contribution in [0.25, 0.3) is 0 Å². The van der Waals surface area contributed by atoms with E-state index in [-0.39, 0.29) is 17.3 Å². The standard InChI is InChI=1S/C13H20N2O3S/c1-10-6-7-12(11(2)8-10)19(17,18)15(5)9-13(16)14(3)4/h6-8H,9H2,1-5H3. The van der Waals surface area contributed by atoms with Crippen LogP contribution in [-0.4, -0.2) is 51.2 Å². The molecule has 0 aromatic heterocycles. The summed E-state index contributed by atoms with van der Waals surface area (Å²) in [5, 5.41) is 0. The van der Waals surface area contributed by atoms with Crippen LogP contribution in [0.5, 0.6) is 0 Å². The number of benzene rings is 1. The molecule has 0 saturated carbocycles. The van der Waals surface area contributed by atoms with E-state index in [9.17, 15) is 13.2 Å². The Morgan fingerprint density at radius 2 is 1.74 bits per heavy atom. The Hall–Kier alpha value is -1.40. The molecular formula is C13H20N2O3S. The molecule has 0 spiro atoms. The minimum absolute atomic E-state index is 0.164. The number of carbonyl (C=O) groups excluding carboxylic acids is 1. The molecule has 0 heterocycles. The molecule has 1 aromatic rings. The Bertz CT molecular complexity index is 580. The molecule has 0 aliphatic heterocycles. The molecule has 1 amide bonds. The third-order valence-corrected chi connectivity index (χ3v) is 4.84. The first-order valence-electron chi connectivity index (χ1n) is 5.90. The van der Waals surface area contributed by atoms with Crippen molar-refractivity contribution in [2.75, 3.05) is 27.7 Å². The SMILES string of the molecule is Cc1ccc(S(=O)(=O)N(C)CC(=O)N(C)C)c(C)c1. The number of hydrogen-bond acceptors (Lipinski definition) is 3. The smallest absolute Gasteiger partial charge is 0.243 e. The van der Waals surface area contributed by atoms with Crippen LogP contribution >= 0.6 is 0 Å². The van der Waals surface area contributed by atoms with Crippen molar-refractivity contribution in [3.8, 4) is 0 Å². The summed E-state index contributed by atoms with van der Waals surface area (Å²) < 4.78 is 25.8. The first-order chi connectivity index (χ1) is 8.66. The van der Waals surface area contributed by atoms with Gasteiger partial charge in [0, 0.05) is 21.1 Å². The monoisotopic (exact) mass is 284 g/mol. The molecule has 0 bridgehead atoms. The van der Waals surface area contributed by atoms with Gasteiger partial charge in [-0.1, -0.05) is 17.7 Å². The first-order valence-corrected chi connectivity index (χ1v) is 7.34. The van der Waals surface area contributed by atoms with Crippen molar-refractivity contribution in [1.29, 1.82) is 0 Å². The van der Waals surface area contributed by atoms with Crippen molar-refractivity contribution < 1.29 is 13.2 Å². The van der Waals surface area contributed by atoms with E-state index in [1.54, 1.807) is 33.2 Å². The lowest BCUT2D eigenvalue weighted by molar-refractivity contribution is -0.128.